The third-order valence-electron chi connectivity index (χ3n) is 4.93. The van der Waals surface area contributed by atoms with Crippen molar-refractivity contribution in [2.45, 2.75) is 45.4 Å². The highest BCUT2D eigenvalue weighted by atomic mass is 31.2. The molecule has 4 N–H and O–H groups in total. The van der Waals surface area contributed by atoms with Crippen LogP contribution in [-0.2, 0) is 4.57 Å². The summed E-state index contributed by atoms with van der Waals surface area (Å²) < 4.78 is 17.4. The number of benzene rings is 1. The summed E-state index contributed by atoms with van der Waals surface area (Å²) in [4.78, 5) is 31.0. The summed E-state index contributed by atoms with van der Waals surface area (Å²) in [5.74, 6) is -0.475. The fourth-order valence-corrected chi connectivity index (χ4v) is 3.82. The van der Waals surface area contributed by atoms with Gasteiger partial charge < -0.3 is 9.63 Å². The molecule has 10 heteroatoms. The van der Waals surface area contributed by atoms with Gasteiger partial charge in [-0.05, 0) is 49.3 Å². The first-order chi connectivity index (χ1) is 14.6. The molecule has 0 radical (unpaired) electrons. The zero-order chi connectivity index (χ0) is 22.8. The van der Waals surface area contributed by atoms with Crippen LogP contribution in [0.1, 0.15) is 51.0 Å². The van der Waals surface area contributed by atoms with Gasteiger partial charge in [0.15, 0.2) is 5.82 Å². The van der Waals surface area contributed by atoms with Crippen LogP contribution in [0.2, 0.25) is 0 Å². The summed E-state index contributed by atoms with van der Waals surface area (Å²) in [6.07, 6.45) is 9.17. The number of aromatic hydroxyl groups is 1. The number of aromatic nitrogens is 3. The molecule has 1 aliphatic rings. The Balaban J connectivity index is 2.16. The molecule has 0 bridgehead atoms. The van der Waals surface area contributed by atoms with Gasteiger partial charge in [-0.25, -0.2) is 19.0 Å². The highest BCUT2D eigenvalue weighted by Gasteiger charge is 2.24. The number of hydrogen-bond acceptors (Lipinski definition) is 5. The Hall–Kier alpha value is -2.87. The van der Waals surface area contributed by atoms with Crippen molar-refractivity contribution in [3.05, 3.63) is 58.6 Å². The zero-order valence-electron chi connectivity index (χ0n) is 17.4. The second kappa shape index (κ2) is 9.09. The van der Waals surface area contributed by atoms with E-state index in [9.17, 15) is 24.3 Å². The molecule has 9 nitrogen and oxygen atoms in total. The summed E-state index contributed by atoms with van der Waals surface area (Å²) in [6, 6.07) is 2.65. The van der Waals surface area contributed by atoms with Crippen LogP contribution in [0.4, 0.5) is 0 Å². The predicted molar refractivity (Wildman–Crippen MR) is 118 cm³/mol. The van der Waals surface area contributed by atoms with Crippen molar-refractivity contribution < 1.29 is 24.0 Å². The van der Waals surface area contributed by atoms with Gasteiger partial charge in [-0.3, -0.25) is 9.79 Å². The van der Waals surface area contributed by atoms with E-state index in [0.29, 0.717) is 11.3 Å². The SMILES string of the molecule is C=C1/C=C\C(n2c(-c3cc(C(C)C)c(OP(=O)(O)O)cc3O)n[nH]c2=O)=C/CCCC1. The Bertz CT molecular complexity index is 1150. The molecular formula is C21H26N3O6P. The van der Waals surface area contributed by atoms with E-state index in [1.807, 2.05) is 26.0 Å². The number of aromatic amines is 1. The first-order valence-corrected chi connectivity index (χ1v) is 11.5. The number of H-pyrrole nitrogens is 1. The van der Waals surface area contributed by atoms with Crippen LogP contribution in [-0.4, -0.2) is 29.7 Å². The van der Waals surface area contributed by atoms with E-state index >= 15 is 0 Å². The monoisotopic (exact) mass is 447 g/mol. The molecule has 0 aliphatic heterocycles. The third-order valence-corrected chi connectivity index (χ3v) is 5.37. The molecular weight excluding hydrogens is 421 g/mol. The quantitative estimate of drug-likeness (QED) is 0.507. The largest absolute Gasteiger partial charge is 0.524 e. The maximum atomic E-state index is 12.6. The molecule has 0 amide bonds. The number of allylic oxidation sites excluding steroid dienone is 5. The number of hydrogen-bond donors (Lipinski definition) is 4. The maximum absolute atomic E-state index is 12.6. The van der Waals surface area contributed by atoms with Crippen LogP contribution < -0.4 is 10.2 Å². The summed E-state index contributed by atoms with van der Waals surface area (Å²) in [5, 5.41) is 17.1. The van der Waals surface area contributed by atoms with Crippen molar-refractivity contribution >= 4 is 13.5 Å². The molecule has 0 spiro atoms. The molecule has 2 aromatic rings. The van der Waals surface area contributed by atoms with Crippen LogP contribution in [0.25, 0.3) is 17.1 Å². The second-order valence-electron chi connectivity index (χ2n) is 7.70. The van der Waals surface area contributed by atoms with E-state index in [-0.39, 0.29) is 28.8 Å². The van der Waals surface area contributed by atoms with Gasteiger partial charge in [-0.1, -0.05) is 38.2 Å². The maximum Gasteiger partial charge on any atom is 0.524 e. The van der Waals surface area contributed by atoms with E-state index in [2.05, 4.69) is 16.8 Å². The first kappa shape index (κ1) is 22.8. The summed E-state index contributed by atoms with van der Waals surface area (Å²) in [5.41, 5.74) is 1.75. The lowest BCUT2D eigenvalue weighted by Gasteiger charge is -2.17. The van der Waals surface area contributed by atoms with Gasteiger partial charge in [0, 0.05) is 11.8 Å². The van der Waals surface area contributed by atoms with Crippen molar-refractivity contribution in [1.82, 2.24) is 14.8 Å². The fourth-order valence-electron chi connectivity index (χ4n) is 3.41. The lowest BCUT2D eigenvalue weighted by atomic mass is 9.98. The molecule has 1 aliphatic carbocycles. The van der Waals surface area contributed by atoms with Gasteiger partial charge >= 0.3 is 13.5 Å². The van der Waals surface area contributed by atoms with E-state index < -0.39 is 13.5 Å². The Labute approximate surface area is 179 Å². The van der Waals surface area contributed by atoms with Gasteiger partial charge in [-0.2, -0.15) is 5.10 Å². The van der Waals surface area contributed by atoms with Crippen LogP contribution in [0.5, 0.6) is 11.5 Å². The normalized spacial score (nSPS) is 18.1. The molecule has 166 valence electrons. The van der Waals surface area contributed by atoms with E-state index in [4.69, 9.17) is 4.52 Å². The molecule has 0 saturated carbocycles. The zero-order valence-corrected chi connectivity index (χ0v) is 18.3. The first-order valence-electron chi connectivity index (χ1n) is 9.93. The molecule has 0 atom stereocenters. The van der Waals surface area contributed by atoms with Crippen LogP contribution in [0, 0.1) is 0 Å². The van der Waals surface area contributed by atoms with E-state index in [1.54, 1.807) is 6.08 Å². The lowest BCUT2D eigenvalue weighted by Crippen LogP contribution is -2.16. The van der Waals surface area contributed by atoms with Crippen molar-refractivity contribution in [1.29, 1.82) is 0 Å². The van der Waals surface area contributed by atoms with Crippen molar-refractivity contribution in [3.8, 4) is 22.9 Å². The summed E-state index contributed by atoms with van der Waals surface area (Å²) in [6.45, 7) is 7.65. The highest BCUT2D eigenvalue weighted by molar-refractivity contribution is 7.46. The number of phosphoric acid groups is 1. The van der Waals surface area contributed by atoms with Crippen molar-refractivity contribution in [2.75, 3.05) is 0 Å². The van der Waals surface area contributed by atoms with E-state index in [0.717, 1.165) is 37.3 Å². The Morgan fingerprint density at radius 1 is 1.26 bits per heavy atom. The second-order valence-corrected chi connectivity index (χ2v) is 8.86. The molecule has 0 unspecified atom stereocenters. The third kappa shape index (κ3) is 5.44. The topological polar surface area (TPSA) is 138 Å². The standard InChI is InChI=1S/C21H26N3O6P/c1-13(2)16-11-17(18(25)12-19(16)30-31(27,28)29)20-22-23-21(26)24(20)15-8-6-4-5-7-14(3)9-10-15/h8-13,25H,3-7H2,1-2H3,(H,23,26)(H2,27,28,29)/b10-9-,15-8+. The number of phosphoric ester groups is 1. The lowest BCUT2D eigenvalue weighted by molar-refractivity contribution is 0.281. The average Bonchev–Trinajstić information content (AvgIpc) is 3.07. The molecule has 0 fully saturated rings. The number of nitrogens with one attached hydrogen (secondary N) is 1. The van der Waals surface area contributed by atoms with Gasteiger partial charge in [0.05, 0.1) is 5.56 Å². The Kier molecular flexibility index (Phi) is 6.69. The molecule has 1 heterocycles. The van der Waals surface area contributed by atoms with Crippen molar-refractivity contribution in [3.63, 3.8) is 0 Å². The van der Waals surface area contributed by atoms with E-state index in [1.165, 1.54) is 10.6 Å². The number of nitrogens with zero attached hydrogens (tertiary/aromatic N) is 2. The minimum atomic E-state index is -4.82. The molecule has 31 heavy (non-hydrogen) atoms. The average molecular weight is 447 g/mol. The van der Waals surface area contributed by atoms with Crippen LogP contribution in [0.15, 0.2) is 47.3 Å². The molecule has 1 aromatic heterocycles. The van der Waals surface area contributed by atoms with Gasteiger partial charge in [0.25, 0.3) is 0 Å². The summed E-state index contributed by atoms with van der Waals surface area (Å²) in [7, 11) is -4.82. The van der Waals surface area contributed by atoms with Gasteiger partial charge in [-0.15, -0.1) is 0 Å². The minimum Gasteiger partial charge on any atom is -0.507 e. The molecule has 1 aromatic carbocycles. The predicted octanol–water partition coefficient (Wildman–Crippen LogP) is 4.07. The Morgan fingerprint density at radius 2 is 2.00 bits per heavy atom. The summed E-state index contributed by atoms with van der Waals surface area (Å²) >= 11 is 0. The van der Waals surface area contributed by atoms with Crippen LogP contribution >= 0.6 is 7.82 Å². The van der Waals surface area contributed by atoms with Crippen molar-refractivity contribution in [2.24, 2.45) is 0 Å². The number of rotatable bonds is 5. The number of phenolic OH excluding ortho intramolecular Hbond substituents is 1. The number of phenols is 1. The highest BCUT2D eigenvalue weighted by Crippen LogP contribution is 2.45. The van der Waals surface area contributed by atoms with Gasteiger partial charge in [0.1, 0.15) is 11.5 Å². The smallest absolute Gasteiger partial charge is 0.507 e. The Morgan fingerprint density at radius 3 is 2.68 bits per heavy atom. The van der Waals surface area contributed by atoms with Gasteiger partial charge in [0.2, 0.25) is 0 Å². The minimum absolute atomic E-state index is 0.133. The van der Waals surface area contributed by atoms with Crippen LogP contribution in [0.3, 0.4) is 0 Å². The fraction of sp³-hybridized carbons (Fsp3) is 0.333. The molecule has 3 rings (SSSR count). The molecule has 0 saturated heterocycles.